The van der Waals surface area contributed by atoms with Gasteiger partial charge in [-0.05, 0) is 63.1 Å². The van der Waals surface area contributed by atoms with Gasteiger partial charge in [0.2, 0.25) is 0 Å². The van der Waals surface area contributed by atoms with E-state index in [0.29, 0.717) is 0 Å². The molecule has 1 heterocycles. The molecule has 0 N–H and O–H groups in total. The van der Waals surface area contributed by atoms with Crippen molar-refractivity contribution >= 4 is 0 Å². The van der Waals surface area contributed by atoms with Gasteiger partial charge in [0.25, 0.3) is 0 Å². The molecule has 15 heavy (non-hydrogen) atoms. The van der Waals surface area contributed by atoms with Crippen LogP contribution in [0.1, 0.15) is 52.4 Å². The molecule has 1 heteroatoms. The van der Waals surface area contributed by atoms with Crippen LogP contribution in [0.25, 0.3) is 0 Å². The van der Waals surface area contributed by atoms with Gasteiger partial charge in [-0.1, -0.05) is 26.7 Å². The fourth-order valence-corrected chi connectivity index (χ4v) is 3.44. The first-order valence-corrected chi connectivity index (χ1v) is 6.78. The summed E-state index contributed by atoms with van der Waals surface area (Å²) in [5.41, 5.74) is 0.800. The van der Waals surface area contributed by atoms with Crippen molar-refractivity contribution in [3.05, 3.63) is 0 Å². The van der Waals surface area contributed by atoms with Crippen LogP contribution in [-0.2, 0) is 0 Å². The summed E-state index contributed by atoms with van der Waals surface area (Å²) in [6, 6.07) is 0. The number of rotatable bonds is 3. The lowest BCUT2D eigenvalue weighted by Gasteiger charge is -2.52. The van der Waals surface area contributed by atoms with E-state index in [4.69, 9.17) is 0 Å². The summed E-state index contributed by atoms with van der Waals surface area (Å²) in [5, 5.41) is 0. The van der Waals surface area contributed by atoms with Crippen molar-refractivity contribution in [2.24, 2.45) is 17.3 Å². The van der Waals surface area contributed by atoms with Gasteiger partial charge in [0.1, 0.15) is 0 Å². The van der Waals surface area contributed by atoms with E-state index in [-0.39, 0.29) is 0 Å². The predicted molar refractivity (Wildman–Crippen MR) is 66.0 cm³/mol. The van der Waals surface area contributed by atoms with E-state index in [2.05, 4.69) is 25.8 Å². The molecule has 1 aliphatic heterocycles. The smallest absolute Gasteiger partial charge is 0.00165 e. The van der Waals surface area contributed by atoms with E-state index in [1.165, 1.54) is 38.8 Å². The molecule has 0 bridgehead atoms. The number of hydrogen-bond acceptors (Lipinski definition) is 1. The Balaban J connectivity index is 1.68. The lowest BCUT2D eigenvalue weighted by Crippen LogP contribution is -2.45. The molecular weight excluding hydrogens is 182 g/mol. The van der Waals surface area contributed by atoms with Crippen molar-refractivity contribution in [3.8, 4) is 0 Å². The number of likely N-dealkylation sites (tertiary alicyclic amines) is 1. The van der Waals surface area contributed by atoms with Gasteiger partial charge < -0.3 is 4.90 Å². The Kier molecular flexibility index (Phi) is 3.39. The van der Waals surface area contributed by atoms with Crippen molar-refractivity contribution < 1.29 is 0 Å². The standard InChI is InChI=1S/C14H27N/c1-12(2)4-5-13-10-14(11-13)6-8-15(3)9-7-14/h12-13H,4-11H2,1-3H3. The number of piperidine rings is 1. The van der Waals surface area contributed by atoms with E-state index < -0.39 is 0 Å². The first kappa shape index (κ1) is 11.4. The van der Waals surface area contributed by atoms with Gasteiger partial charge in [-0.2, -0.15) is 0 Å². The average molecular weight is 209 g/mol. The third-order valence-electron chi connectivity index (χ3n) is 4.64. The third-order valence-corrected chi connectivity index (χ3v) is 4.64. The lowest BCUT2D eigenvalue weighted by atomic mass is 9.56. The van der Waals surface area contributed by atoms with E-state index in [0.717, 1.165) is 17.3 Å². The Morgan fingerprint density at radius 1 is 1.20 bits per heavy atom. The first-order valence-electron chi connectivity index (χ1n) is 6.78. The quantitative estimate of drug-likeness (QED) is 0.687. The van der Waals surface area contributed by atoms with Crippen LogP contribution in [0.3, 0.4) is 0 Å². The summed E-state index contributed by atoms with van der Waals surface area (Å²) in [6.45, 7) is 7.39. The average Bonchev–Trinajstić information content (AvgIpc) is 2.14. The highest BCUT2D eigenvalue weighted by molar-refractivity contribution is 4.96. The zero-order valence-corrected chi connectivity index (χ0v) is 10.8. The van der Waals surface area contributed by atoms with Gasteiger partial charge in [0, 0.05) is 0 Å². The van der Waals surface area contributed by atoms with E-state index >= 15 is 0 Å². The van der Waals surface area contributed by atoms with E-state index in [9.17, 15) is 0 Å². The lowest BCUT2D eigenvalue weighted by molar-refractivity contribution is -0.0118. The summed E-state index contributed by atoms with van der Waals surface area (Å²) in [7, 11) is 2.27. The van der Waals surface area contributed by atoms with Crippen LogP contribution < -0.4 is 0 Å². The van der Waals surface area contributed by atoms with Crippen LogP contribution in [-0.4, -0.2) is 25.0 Å². The maximum Gasteiger partial charge on any atom is -0.00165 e. The highest BCUT2D eigenvalue weighted by Crippen LogP contribution is 2.53. The van der Waals surface area contributed by atoms with Crippen LogP contribution in [0.15, 0.2) is 0 Å². The molecule has 2 aliphatic rings. The third kappa shape index (κ3) is 2.75. The van der Waals surface area contributed by atoms with Crippen molar-refractivity contribution in [1.82, 2.24) is 4.90 Å². The largest absolute Gasteiger partial charge is 0.306 e. The molecule has 0 aromatic carbocycles. The molecule has 1 aliphatic carbocycles. The first-order chi connectivity index (χ1) is 7.10. The number of nitrogens with zero attached hydrogens (tertiary/aromatic N) is 1. The summed E-state index contributed by atoms with van der Waals surface area (Å²) < 4.78 is 0. The van der Waals surface area contributed by atoms with Crippen molar-refractivity contribution in [2.75, 3.05) is 20.1 Å². The van der Waals surface area contributed by atoms with Crippen molar-refractivity contribution in [1.29, 1.82) is 0 Å². The second kappa shape index (κ2) is 4.45. The molecule has 2 rings (SSSR count). The summed E-state index contributed by atoms with van der Waals surface area (Å²) in [6.07, 6.45) is 8.99. The minimum atomic E-state index is 0.800. The molecule has 2 fully saturated rings. The molecule has 0 aromatic rings. The highest BCUT2D eigenvalue weighted by Gasteiger charge is 2.44. The van der Waals surface area contributed by atoms with Crippen molar-refractivity contribution in [2.45, 2.75) is 52.4 Å². The monoisotopic (exact) mass is 209 g/mol. The summed E-state index contributed by atoms with van der Waals surface area (Å²) in [5.74, 6) is 1.98. The summed E-state index contributed by atoms with van der Waals surface area (Å²) >= 11 is 0. The molecule has 88 valence electrons. The Morgan fingerprint density at radius 2 is 1.80 bits per heavy atom. The van der Waals surface area contributed by atoms with Crippen LogP contribution in [0, 0.1) is 17.3 Å². The molecule has 0 amide bonds. The van der Waals surface area contributed by atoms with Crippen LogP contribution >= 0.6 is 0 Å². The minimum Gasteiger partial charge on any atom is -0.306 e. The van der Waals surface area contributed by atoms with Crippen molar-refractivity contribution in [3.63, 3.8) is 0 Å². The normalized spacial score (nSPS) is 27.2. The second-order valence-electron chi connectivity index (χ2n) is 6.55. The molecule has 0 aromatic heterocycles. The van der Waals surface area contributed by atoms with Crippen LogP contribution in [0.2, 0.25) is 0 Å². The molecule has 1 saturated heterocycles. The molecule has 0 radical (unpaired) electrons. The van der Waals surface area contributed by atoms with Gasteiger partial charge in [-0.15, -0.1) is 0 Å². The zero-order chi connectivity index (χ0) is 10.9. The van der Waals surface area contributed by atoms with Gasteiger partial charge >= 0.3 is 0 Å². The number of hydrogen-bond donors (Lipinski definition) is 0. The topological polar surface area (TPSA) is 3.24 Å². The molecule has 1 saturated carbocycles. The SMILES string of the molecule is CC(C)CCC1CC2(CCN(C)CC2)C1. The fraction of sp³-hybridized carbons (Fsp3) is 1.00. The van der Waals surface area contributed by atoms with Gasteiger partial charge in [0.05, 0.1) is 0 Å². The van der Waals surface area contributed by atoms with Gasteiger partial charge in [-0.25, -0.2) is 0 Å². The zero-order valence-electron chi connectivity index (χ0n) is 10.8. The Bertz CT molecular complexity index is 193. The molecular formula is C14H27N. The van der Waals surface area contributed by atoms with Crippen LogP contribution in [0.5, 0.6) is 0 Å². The maximum absolute atomic E-state index is 2.49. The van der Waals surface area contributed by atoms with E-state index in [1.807, 2.05) is 0 Å². The maximum atomic E-state index is 2.49. The highest BCUT2D eigenvalue weighted by atomic mass is 15.1. The Morgan fingerprint density at radius 3 is 2.33 bits per heavy atom. The summed E-state index contributed by atoms with van der Waals surface area (Å²) in [4.78, 5) is 2.49. The minimum absolute atomic E-state index is 0.800. The second-order valence-corrected chi connectivity index (χ2v) is 6.55. The van der Waals surface area contributed by atoms with Gasteiger partial charge in [0.15, 0.2) is 0 Å². The molecule has 1 nitrogen and oxygen atoms in total. The van der Waals surface area contributed by atoms with E-state index in [1.54, 1.807) is 12.8 Å². The van der Waals surface area contributed by atoms with Gasteiger partial charge in [-0.3, -0.25) is 0 Å². The Labute approximate surface area is 95.2 Å². The van der Waals surface area contributed by atoms with Crippen LogP contribution in [0.4, 0.5) is 0 Å². The molecule has 1 spiro atoms. The Hall–Kier alpha value is -0.0400. The molecule has 0 atom stereocenters. The fourth-order valence-electron chi connectivity index (χ4n) is 3.44. The molecule has 0 unspecified atom stereocenters. The predicted octanol–water partition coefficient (Wildman–Crippen LogP) is 3.54.